The summed E-state index contributed by atoms with van der Waals surface area (Å²) in [5.41, 5.74) is 1.82. The molecule has 2 aromatic rings. The summed E-state index contributed by atoms with van der Waals surface area (Å²) in [6, 6.07) is 6.39. The summed E-state index contributed by atoms with van der Waals surface area (Å²) in [4.78, 5) is 20.7. The topological polar surface area (TPSA) is 45.7 Å². The predicted molar refractivity (Wildman–Crippen MR) is 94.4 cm³/mol. The van der Waals surface area contributed by atoms with E-state index in [0.717, 1.165) is 23.6 Å². The Labute approximate surface area is 140 Å². The zero-order valence-electron chi connectivity index (χ0n) is 14.1. The molecule has 0 aliphatic carbocycles. The highest BCUT2D eigenvalue weighted by Crippen LogP contribution is 2.27. The maximum absolute atomic E-state index is 12.1. The molecule has 1 aliphatic heterocycles. The summed E-state index contributed by atoms with van der Waals surface area (Å²) in [6.07, 6.45) is -0.217. The van der Waals surface area contributed by atoms with Crippen LogP contribution >= 0.6 is 11.3 Å². The molecular formula is C17H23N3O2S. The number of hydrogen-bond acceptors (Lipinski definition) is 5. The Balaban J connectivity index is 1.64. The van der Waals surface area contributed by atoms with Gasteiger partial charge < -0.3 is 14.5 Å². The molecule has 6 heteroatoms. The molecule has 0 radical (unpaired) electrons. The fourth-order valence-corrected chi connectivity index (χ4v) is 3.56. The minimum atomic E-state index is -0.441. The largest absolute Gasteiger partial charge is 0.444 e. The number of ether oxygens (including phenoxy) is 1. The van der Waals surface area contributed by atoms with Crippen molar-refractivity contribution in [2.24, 2.45) is 0 Å². The average molecular weight is 333 g/mol. The van der Waals surface area contributed by atoms with Crippen molar-refractivity contribution in [1.82, 2.24) is 9.88 Å². The molecule has 1 aliphatic rings. The summed E-state index contributed by atoms with van der Waals surface area (Å²) in [6.45, 7) is 10.7. The van der Waals surface area contributed by atoms with E-state index in [2.05, 4.69) is 28.1 Å². The number of rotatable bonds is 1. The van der Waals surface area contributed by atoms with Gasteiger partial charge >= 0.3 is 6.09 Å². The zero-order chi connectivity index (χ0) is 16.6. The van der Waals surface area contributed by atoms with Gasteiger partial charge in [-0.1, -0.05) is 0 Å². The van der Waals surface area contributed by atoms with Crippen LogP contribution in [0.4, 0.5) is 10.5 Å². The standard InChI is InChI=1S/C17H23N3O2S/c1-12-18-14-6-5-13(11-15(14)23-12)19-7-9-20(10-8-19)16(21)22-17(2,3)4/h5-6,11H,7-10H2,1-4H3. The van der Waals surface area contributed by atoms with Crippen molar-refractivity contribution in [2.75, 3.05) is 31.1 Å². The van der Waals surface area contributed by atoms with Gasteiger partial charge in [-0.15, -0.1) is 11.3 Å². The first-order chi connectivity index (χ1) is 10.8. The van der Waals surface area contributed by atoms with Gasteiger partial charge in [-0.05, 0) is 45.9 Å². The van der Waals surface area contributed by atoms with Gasteiger partial charge in [-0.3, -0.25) is 0 Å². The molecule has 124 valence electrons. The van der Waals surface area contributed by atoms with Gasteiger partial charge in [0, 0.05) is 31.9 Å². The van der Waals surface area contributed by atoms with Crippen LogP contribution < -0.4 is 4.90 Å². The fraction of sp³-hybridized carbons (Fsp3) is 0.529. The Kier molecular flexibility index (Phi) is 4.19. The number of hydrogen-bond donors (Lipinski definition) is 0. The van der Waals surface area contributed by atoms with Gasteiger partial charge in [-0.25, -0.2) is 9.78 Å². The molecule has 23 heavy (non-hydrogen) atoms. The third-order valence-electron chi connectivity index (χ3n) is 3.78. The normalized spacial score (nSPS) is 16.0. The van der Waals surface area contributed by atoms with Crippen molar-refractivity contribution in [3.63, 3.8) is 0 Å². The maximum atomic E-state index is 12.1. The fourth-order valence-electron chi connectivity index (χ4n) is 2.70. The van der Waals surface area contributed by atoms with E-state index in [-0.39, 0.29) is 6.09 Å². The van der Waals surface area contributed by atoms with Crippen LogP contribution in [0.2, 0.25) is 0 Å². The molecular weight excluding hydrogens is 310 g/mol. The van der Waals surface area contributed by atoms with Gasteiger partial charge in [0.1, 0.15) is 5.60 Å². The van der Waals surface area contributed by atoms with Crippen LogP contribution in [0.15, 0.2) is 18.2 Å². The molecule has 5 nitrogen and oxygen atoms in total. The molecule has 3 rings (SSSR count). The van der Waals surface area contributed by atoms with E-state index < -0.39 is 5.60 Å². The average Bonchev–Trinajstić information content (AvgIpc) is 2.84. The molecule has 1 aromatic carbocycles. The summed E-state index contributed by atoms with van der Waals surface area (Å²) < 4.78 is 6.66. The smallest absolute Gasteiger partial charge is 0.410 e. The SMILES string of the molecule is Cc1nc2ccc(N3CCN(C(=O)OC(C)(C)C)CC3)cc2s1. The van der Waals surface area contributed by atoms with Gasteiger partial charge in [0.15, 0.2) is 0 Å². The number of benzene rings is 1. The highest BCUT2D eigenvalue weighted by atomic mass is 32.1. The molecule has 1 fully saturated rings. The third kappa shape index (κ3) is 3.75. The molecule has 2 heterocycles. The maximum Gasteiger partial charge on any atom is 0.410 e. The van der Waals surface area contributed by atoms with Crippen molar-refractivity contribution < 1.29 is 9.53 Å². The Bertz CT molecular complexity index is 712. The van der Waals surface area contributed by atoms with Crippen LogP contribution in [0, 0.1) is 6.92 Å². The Morgan fingerprint density at radius 2 is 1.91 bits per heavy atom. The Morgan fingerprint density at radius 1 is 1.22 bits per heavy atom. The van der Waals surface area contributed by atoms with Gasteiger partial charge in [-0.2, -0.15) is 0 Å². The van der Waals surface area contributed by atoms with E-state index in [0.29, 0.717) is 13.1 Å². The Hall–Kier alpha value is -1.82. The first-order valence-electron chi connectivity index (χ1n) is 7.92. The second kappa shape index (κ2) is 6.00. The Morgan fingerprint density at radius 3 is 2.57 bits per heavy atom. The zero-order valence-corrected chi connectivity index (χ0v) is 14.9. The number of fused-ring (bicyclic) bond motifs is 1. The molecule has 1 amide bonds. The van der Waals surface area contributed by atoms with Crippen LogP contribution in [0.1, 0.15) is 25.8 Å². The van der Waals surface area contributed by atoms with Crippen molar-refractivity contribution in [1.29, 1.82) is 0 Å². The number of carbonyl (C=O) groups is 1. The van der Waals surface area contributed by atoms with Crippen molar-refractivity contribution in [3.8, 4) is 0 Å². The molecule has 0 saturated carbocycles. The molecule has 0 atom stereocenters. The number of aryl methyl sites for hydroxylation is 1. The number of amides is 1. The molecule has 1 aromatic heterocycles. The molecule has 1 saturated heterocycles. The summed E-state index contributed by atoms with van der Waals surface area (Å²) in [5.74, 6) is 0. The van der Waals surface area contributed by atoms with Crippen LogP contribution in [0.25, 0.3) is 10.2 Å². The van der Waals surface area contributed by atoms with Crippen molar-refractivity contribution >= 4 is 33.3 Å². The summed E-state index contributed by atoms with van der Waals surface area (Å²) in [5, 5.41) is 1.09. The highest BCUT2D eigenvalue weighted by Gasteiger charge is 2.26. The van der Waals surface area contributed by atoms with E-state index in [4.69, 9.17) is 4.74 Å². The van der Waals surface area contributed by atoms with E-state index in [1.165, 1.54) is 10.4 Å². The number of thiazole rings is 1. The monoisotopic (exact) mass is 333 g/mol. The van der Waals surface area contributed by atoms with Crippen molar-refractivity contribution in [2.45, 2.75) is 33.3 Å². The van der Waals surface area contributed by atoms with Crippen LogP contribution in [-0.4, -0.2) is 47.8 Å². The van der Waals surface area contributed by atoms with E-state index >= 15 is 0 Å². The van der Waals surface area contributed by atoms with Crippen LogP contribution in [-0.2, 0) is 4.74 Å². The molecule has 0 bridgehead atoms. The third-order valence-corrected chi connectivity index (χ3v) is 4.71. The van der Waals surface area contributed by atoms with E-state index in [9.17, 15) is 4.79 Å². The summed E-state index contributed by atoms with van der Waals surface area (Å²) in [7, 11) is 0. The highest BCUT2D eigenvalue weighted by molar-refractivity contribution is 7.18. The van der Waals surface area contributed by atoms with Crippen molar-refractivity contribution in [3.05, 3.63) is 23.2 Å². The predicted octanol–water partition coefficient (Wildman–Crippen LogP) is 3.66. The number of aromatic nitrogens is 1. The number of nitrogens with zero attached hydrogens (tertiary/aromatic N) is 3. The molecule has 0 N–H and O–H groups in total. The second-order valence-electron chi connectivity index (χ2n) is 6.84. The first kappa shape index (κ1) is 16.1. The van der Waals surface area contributed by atoms with Gasteiger partial charge in [0.05, 0.1) is 15.2 Å². The number of anilines is 1. The van der Waals surface area contributed by atoms with E-state index in [1.54, 1.807) is 16.2 Å². The molecule has 0 spiro atoms. The first-order valence-corrected chi connectivity index (χ1v) is 8.73. The minimum Gasteiger partial charge on any atom is -0.444 e. The summed E-state index contributed by atoms with van der Waals surface area (Å²) >= 11 is 1.72. The van der Waals surface area contributed by atoms with E-state index in [1.807, 2.05) is 27.7 Å². The molecule has 0 unspecified atom stereocenters. The number of piperazine rings is 1. The van der Waals surface area contributed by atoms with Crippen LogP contribution in [0.5, 0.6) is 0 Å². The lowest BCUT2D eigenvalue weighted by Crippen LogP contribution is -2.50. The van der Waals surface area contributed by atoms with Crippen LogP contribution in [0.3, 0.4) is 0 Å². The number of carbonyl (C=O) groups excluding carboxylic acids is 1. The lowest BCUT2D eigenvalue weighted by molar-refractivity contribution is 0.0240. The minimum absolute atomic E-state index is 0.217. The van der Waals surface area contributed by atoms with Gasteiger partial charge in [0.25, 0.3) is 0 Å². The quantitative estimate of drug-likeness (QED) is 0.799. The lowest BCUT2D eigenvalue weighted by Gasteiger charge is -2.36. The lowest BCUT2D eigenvalue weighted by atomic mass is 10.2. The second-order valence-corrected chi connectivity index (χ2v) is 8.07. The van der Waals surface area contributed by atoms with Gasteiger partial charge in [0.2, 0.25) is 0 Å².